The number of nitrogens with zero attached hydrogens (tertiary/aromatic N) is 2. The van der Waals surface area contributed by atoms with E-state index in [1.165, 1.54) is 33.5 Å². The van der Waals surface area contributed by atoms with Crippen molar-refractivity contribution < 1.29 is 0 Å². The number of aromatic nitrogens is 2. The Hall–Kier alpha value is -1.84. The number of nitrogens with two attached hydrogens (primary N) is 1. The predicted octanol–water partition coefficient (Wildman–Crippen LogP) is 5.73. The number of benzene rings is 1. The lowest BCUT2D eigenvalue weighted by Gasteiger charge is -2.18. The minimum absolute atomic E-state index is 0.441. The fraction of sp³-hybridized carbons (Fsp3) is 0.409. The second kappa shape index (κ2) is 7.42. The summed E-state index contributed by atoms with van der Waals surface area (Å²) in [5, 5.41) is 0.781. The zero-order chi connectivity index (χ0) is 19.0. The number of aryl methyl sites for hydroxylation is 4. The summed E-state index contributed by atoms with van der Waals surface area (Å²) in [6, 6.07) is 6.28. The van der Waals surface area contributed by atoms with E-state index in [-0.39, 0.29) is 0 Å². The number of halogens is 1. The average Bonchev–Trinajstić information content (AvgIpc) is 2.88. The Morgan fingerprint density at radius 3 is 2.27 bits per heavy atom. The Morgan fingerprint density at radius 2 is 1.69 bits per heavy atom. The van der Waals surface area contributed by atoms with Crippen LogP contribution in [0.3, 0.4) is 0 Å². The van der Waals surface area contributed by atoms with Gasteiger partial charge in [0.1, 0.15) is 5.65 Å². The monoisotopic (exact) mass is 369 g/mol. The molecule has 0 spiro atoms. The lowest BCUT2D eigenvalue weighted by atomic mass is 9.95. The van der Waals surface area contributed by atoms with Crippen molar-refractivity contribution in [1.29, 1.82) is 0 Å². The van der Waals surface area contributed by atoms with E-state index in [9.17, 15) is 0 Å². The summed E-state index contributed by atoms with van der Waals surface area (Å²) >= 11 is 6.25. The molecule has 0 radical (unpaired) electrons. The van der Waals surface area contributed by atoms with E-state index in [1.807, 2.05) is 12.1 Å². The lowest BCUT2D eigenvalue weighted by Crippen LogP contribution is -2.11. The van der Waals surface area contributed by atoms with Crippen molar-refractivity contribution in [2.24, 2.45) is 5.73 Å². The third kappa shape index (κ3) is 3.26. The van der Waals surface area contributed by atoms with Gasteiger partial charge >= 0.3 is 0 Å². The number of fused-ring (bicyclic) bond motifs is 1. The molecule has 0 fully saturated rings. The molecule has 4 heteroatoms. The summed E-state index contributed by atoms with van der Waals surface area (Å²) < 4.78 is 2.27. The molecule has 1 aromatic carbocycles. The Bertz CT molecular complexity index is 933. The van der Waals surface area contributed by atoms with Crippen LogP contribution < -0.4 is 5.73 Å². The second-order valence-corrected chi connectivity index (χ2v) is 7.74. The average molecular weight is 370 g/mol. The summed E-state index contributed by atoms with van der Waals surface area (Å²) in [6.07, 6.45) is 4.28. The van der Waals surface area contributed by atoms with Crippen molar-refractivity contribution in [2.75, 3.05) is 6.54 Å². The minimum Gasteiger partial charge on any atom is -0.330 e. The van der Waals surface area contributed by atoms with Crippen molar-refractivity contribution in [3.63, 3.8) is 0 Å². The van der Waals surface area contributed by atoms with Gasteiger partial charge in [-0.15, -0.1) is 0 Å². The summed E-state index contributed by atoms with van der Waals surface area (Å²) in [5.41, 5.74) is 15.3. The molecule has 2 aromatic heterocycles. The smallest absolute Gasteiger partial charge is 0.145 e. The van der Waals surface area contributed by atoms with E-state index in [0.29, 0.717) is 12.5 Å². The maximum absolute atomic E-state index is 6.25. The van der Waals surface area contributed by atoms with Gasteiger partial charge in [0.15, 0.2) is 0 Å². The molecule has 0 amide bonds. The van der Waals surface area contributed by atoms with E-state index >= 15 is 0 Å². The largest absolute Gasteiger partial charge is 0.330 e. The fourth-order valence-electron chi connectivity index (χ4n) is 4.10. The van der Waals surface area contributed by atoms with Gasteiger partial charge in [-0.05, 0) is 87.5 Å². The molecule has 0 aliphatic heterocycles. The van der Waals surface area contributed by atoms with Crippen LogP contribution in [0.15, 0.2) is 24.4 Å². The highest BCUT2D eigenvalue weighted by Gasteiger charge is 2.20. The van der Waals surface area contributed by atoms with E-state index in [0.717, 1.165) is 29.2 Å². The highest BCUT2D eigenvalue weighted by Crippen LogP contribution is 2.37. The van der Waals surface area contributed by atoms with Crippen LogP contribution in [0.2, 0.25) is 5.02 Å². The topological polar surface area (TPSA) is 43.3 Å². The first-order valence-corrected chi connectivity index (χ1v) is 9.71. The summed E-state index contributed by atoms with van der Waals surface area (Å²) in [4.78, 5) is 4.91. The maximum atomic E-state index is 6.25. The summed E-state index contributed by atoms with van der Waals surface area (Å²) in [7, 11) is 0. The third-order valence-electron chi connectivity index (χ3n) is 5.26. The molecule has 3 aromatic rings. The molecule has 138 valence electrons. The number of hydrogen-bond acceptors (Lipinski definition) is 2. The molecule has 2 N–H and O–H groups in total. The molecule has 26 heavy (non-hydrogen) atoms. The van der Waals surface area contributed by atoms with E-state index in [2.05, 4.69) is 51.3 Å². The Labute approximate surface area is 161 Å². The van der Waals surface area contributed by atoms with Crippen LogP contribution >= 0.6 is 11.6 Å². The van der Waals surface area contributed by atoms with Gasteiger partial charge in [-0.3, -0.25) is 0 Å². The molecule has 0 aliphatic carbocycles. The zero-order valence-electron chi connectivity index (χ0n) is 16.4. The zero-order valence-corrected chi connectivity index (χ0v) is 17.1. The Kier molecular flexibility index (Phi) is 5.40. The summed E-state index contributed by atoms with van der Waals surface area (Å²) in [5.74, 6) is 0.441. The molecule has 1 unspecified atom stereocenters. The molecule has 1 atom stereocenters. The van der Waals surface area contributed by atoms with Gasteiger partial charge in [-0.1, -0.05) is 18.5 Å². The third-order valence-corrected chi connectivity index (χ3v) is 5.48. The van der Waals surface area contributed by atoms with Gasteiger partial charge in [0.05, 0.1) is 0 Å². The number of rotatable bonds is 5. The summed E-state index contributed by atoms with van der Waals surface area (Å²) in [6.45, 7) is 11.4. The van der Waals surface area contributed by atoms with Crippen LogP contribution in [0.25, 0.3) is 16.8 Å². The van der Waals surface area contributed by atoms with Gasteiger partial charge in [-0.2, -0.15) is 0 Å². The van der Waals surface area contributed by atoms with Crippen LogP contribution in [-0.2, 0) is 0 Å². The van der Waals surface area contributed by atoms with Crippen LogP contribution in [0.5, 0.6) is 0 Å². The Balaban J connectivity index is 2.33. The van der Waals surface area contributed by atoms with Gasteiger partial charge < -0.3 is 10.1 Å². The highest BCUT2D eigenvalue weighted by atomic mass is 35.5. The van der Waals surface area contributed by atoms with Gasteiger partial charge in [0.25, 0.3) is 0 Å². The lowest BCUT2D eigenvalue weighted by molar-refractivity contribution is 0.590. The van der Waals surface area contributed by atoms with Crippen LogP contribution in [-0.4, -0.2) is 15.9 Å². The molecule has 0 saturated heterocycles. The Morgan fingerprint density at radius 1 is 1.04 bits per heavy atom. The van der Waals surface area contributed by atoms with E-state index in [1.54, 1.807) is 0 Å². The maximum Gasteiger partial charge on any atom is 0.145 e. The van der Waals surface area contributed by atoms with Crippen molar-refractivity contribution in [2.45, 2.75) is 53.4 Å². The first-order valence-electron chi connectivity index (χ1n) is 9.33. The first-order chi connectivity index (χ1) is 12.4. The molecule has 0 saturated carbocycles. The highest BCUT2D eigenvalue weighted by molar-refractivity contribution is 6.30. The molecule has 0 bridgehead atoms. The molecular weight excluding hydrogens is 342 g/mol. The van der Waals surface area contributed by atoms with Crippen LogP contribution in [0, 0.1) is 27.7 Å². The molecule has 0 aliphatic rings. The first kappa shape index (κ1) is 18.9. The normalized spacial score (nSPS) is 12.7. The van der Waals surface area contributed by atoms with E-state index < -0.39 is 0 Å². The molecule has 2 heterocycles. The minimum atomic E-state index is 0.441. The predicted molar refractivity (Wildman–Crippen MR) is 111 cm³/mol. The SMILES string of the molecule is CCC(CCN)c1cc(C)nc2c(-c3c(C)cc(Cl)cc3C)c(C)cn12. The number of hydrogen-bond donors (Lipinski definition) is 1. The second-order valence-electron chi connectivity index (χ2n) is 7.30. The van der Waals surface area contributed by atoms with E-state index in [4.69, 9.17) is 22.3 Å². The van der Waals surface area contributed by atoms with Crippen molar-refractivity contribution in [1.82, 2.24) is 9.38 Å². The van der Waals surface area contributed by atoms with Gasteiger partial charge in [-0.25, -0.2) is 4.98 Å². The van der Waals surface area contributed by atoms with Gasteiger partial charge in [0, 0.05) is 34.1 Å². The van der Waals surface area contributed by atoms with Crippen molar-refractivity contribution in [3.05, 3.63) is 57.5 Å². The standard InChI is InChI=1S/C22H28ClN3/c1-6-17(7-8-24)19-11-16(5)25-22-21(15(4)12-26(19)22)20-13(2)9-18(23)10-14(20)3/h9-12,17H,6-8,24H2,1-5H3. The molecular formula is C22H28ClN3. The van der Waals surface area contributed by atoms with Crippen LogP contribution in [0.4, 0.5) is 0 Å². The molecule has 3 rings (SSSR count). The van der Waals surface area contributed by atoms with Crippen molar-refractivity contribution >= 4 is 17.2 Å². The molecule has 3 nitrogen and oxygen atoms in total. The van der Waals surface area contributed by atoms with Gasteiger partial charge in [0.2, 0.25) is 0 Å². The van der Waals surface area contributed by atoms with Crippen LogP contribution in [0.1, 0.15) is 53.8 Å². The fourth-order valence-corrected chi connectivity index (χ4v) is 4.42. The quantitative estimate of drug-likeness (QED) is 0.624. The van der Waals surface area contributed by atoms with Crippen molar-refractivity contribution in [3.8, 4) is 11.1 Å².